The standard InChI is InChI=1S/C66H94BrS3Si3/c1-71(48-25-45-68-60-40-20-9-21-41-60)49-28-54-73(55-29-53-72(50-24-44-67,52-27-47-70-62-42-22-23-43-62)51-26-46-69-61-38-18-3-2-4-19-39-61)65(58-34-14-7-15-35-58)63(56-30-10-5-11-31-56)64(57-32-12-6-13-33-57)66(73)59-36-16-8-17-37-59/h5-8,10-17,30-37,60-62H,2-4,9,18-29,38-55H2,1H3/q+1. The second-order valence-corrected chi connectivity index (χ2v) is 40.2. The average Bonchev–Trinajstić information content (AvgIpc) is 4.07. The molecule has 394 valence electrons. The molecule has 0 saturated heterocycles. The molecule has 1 heterocycles. The van der Waals surface area contributed by atoms with Crippen LogP contribution in [-0.2, 0) is 0 Å². The molecule has 3 fully saturated rings. The summed E-state index contributed by atoms with van der Waals surface area (Å²) in [6, 6.07) is 59.2. The van der Waals surface area contributed by atoms with Crippen LogP contribution in [0, 0.1) is 0 Å². The van der Waals surface area contributed by atoms with Gasteiger partial charge in [-0.3, -0.25) is 0 Å². The lowest BCUT2D eigenvalue weighted by Gasteiger charge is -2.38. The predicted molar refractivity (Wildman–Crippen MR) is 345 cm³/mol. The summed E-state index contributed by atoms with van der Waals surface area (Å²) in [6.45, 7) is 2.70. The summed E-state index contributed by atoms with van der Waals surface area (Å²) in [4.78, 5) is 0. The fourth-order valence-corrected chi connectivity index (χ4v) is 33.2. The fourth-order valence-electron chi connectivity index (χ4n) is 14.0. The smallest absolute Gasteiger partial charge is 0.159 e. The Morgan fingerprint density at radius 1 is 0.425 bits per heavy atom. The Balaban J connectivity index is 1.15. The van der Waals surface area contributed by atoms with E-state index in [2.05, 4.69) is 179 Å². The van der Waals surface area contributed by atoms with Crippen LogP contribution in [0.4, 0.5) is 0 Å². The van der Waals surface area contributed by atoms with Crippen molar-refractivity contribution in [3.63, 3.8) is 0 Å². The first-order chi connectivity index (χ1) is 36.1. The molecular formula is C66H94BrS3Si3+. The maximum Gasteiger partial charge on any atom is 0.311 e. The molecule has 0 spiro atoms. The van der Waals surface area contributed by atoms with Crippen molar-refractivity contribution in [2.24, 2.45) is 0 Å². The molecule has 4 aromatic rings. The summed E-state index contributed by atoms with van der Waals surface area (Å²) in [5.41, 5.74) is 8.88. The van der Waals surface area contributed by atoms with Gasteiger partial charge in [-0.15, -0.1) is 0 Å². The Morgan fingerprint density at radius 2 is 0.767 bits per heavy atom. The quantitative estimate of drug-likeness (QED) is 0.0290. The summed E-state index contributed by atoms with van der Waals surface area (Å²) in [5.74, 6) is 4.17. The molecule has 0 nitrogen and oxygen atoms in total. The third kappa shape index (κ3) is 17.3. The van der Waals surface area contributed by atoms with Crippen LogP contribution in [0.15, 0.2) is 121 Å². The van der Waals surface area contributed by atoms with E-state index in [0.717, 1.165) is 21.1 Å². The molecule has 0 bridgehead atoms. The summed E-state index contributed by atoms with van der Waals surface area (Å²) >= 11 is 11.1. The number of hydrogen-bond acceptors (Lipinski definition) is 3. The van der Waals surface area contributed by atoms with E-state index in [0.29, 0.717) is 0 Å². The van der Waals surface area contributed by atoms with E-state index in [4.69, 9.17) is 0 Å². The van der Waals surface area contributed by atoms with Crippen LogP contribution in [0.3, 0.4) is 0 Å². The van der Waals surface area contributed by atoms with Gasteiger partial charge in [0.25, 0.3) is 0 Å². The van der Waals surface area contributed by atoms with Crippen LogP contribution in [-0.4, -0.2) is 63.3 Å². The lowest BCUT2D eigenvalue weighted by Crippen LogP contribution is -2.39. The molecule has 0 aromatic heterocycles. The van der Waals surface area contributed by atoms with E-state index in [1.54, 1.807) is 33.6 Å². The molecule has 3 aliphatic carbocycles. The van der Waals surface area contributed by atoms with Gasteiger partial charge in [0, 0.05) is 21.1 Å². The van der Waals surface area contributed by atoms with Gasteiger partial charge in [-0.05, 0) is 144 Å². The molecule has 7 heteroatoms. The van der Waals surface area contributed by atoms with Gasteiger partial charge in [0.05, 0.1) is 26.7 Å². The Morgan fingerprint density at radius 3 is 1.22 bits per heavy atom. The minimum atomic E-state index is -2.47. The van der Waals surface area contributed by atoms with E-state index in [9.17, 15) is 0 Å². The van der Waals surface area contributed by atoms with Gasteiger partial charge < -0.3 is 0 Å². The van der Waals surface area contributed by atoms with Crippen molar-refractivity contribution in [3.05, 3.63) is 144 Å². The highest BCUT2D eigenvalue weighted by Crippen LogP contribution is 2.59. The van der Waals surface area contributed by atoms with Crippen LogP contribution in [0.2, 0.25) is 54.9 Å². The monoisotopic (exact) mass is 1150 g/mol. The predicted octanol–water partition coefficient (Wildman–Crippen LogP) is 21.6. The van der Waals surface area contributed by atoms with Crippen LogP contribution in [0.5, 0.6) is 0 Å². The maximum absolute atomic E-state index is 4.02. The fraction of sp³-hybridized carbons (Fsp3) is 0.576. The molecule has 1 aliphatic heterocycles. The van der Waals surface area contributed by atoms with E-state index in [1.165, 1.54) is 217 Å². The van der Waals surface area contributed by atoms with E-state index >= 15 is 0 Å². The zero-order valence-electron chi connectivity index (χ0n) is 45.4. The molecule has 0 radical (unpaired) electrons. The van der Waals surface area contributed by atoms with Crippen molar-refractivity contribution in [2.45, 2.75) is 212 Å². The summed E-state index contributed by atoms with van der Waals surface area (Å²) in [5, 5.41) is 7.44. The first-order valence-electron chi connectivity index (χ1n) is 30.0. The number of allylic oxidation sites excluding steroid dienone is 2. The Kier molecular flexibility index (Phi) is 25.2. The van der Waals surface area contributed by atoms with Crippen LogP contribution < -0.4 is 0 Å². The van der Waals surface area contributed by atoms with Gasteiger partial charge in [-0.2, -0.15) is 35.3 Å². The molecule has 1 atom stereocenters. The number of benzene rings is 4. The minimum Gasteiger partial charge on any atom is -0.159 e. The van der Waals surface area contributed by atoms with Crippen molar-refractivity contribution in [1.82, 2.24) is 0 Å². The topological polar surface area (TPSA) is 0 Å². The number of halogens is 1. The lowest BCUT2D eigenvalue weighted by molar-refractivity contribution is 0.513. The lowest BCUT2D eigenvalue weighted by atomic mass is 9.89. The second-order valence-electron chi connectivity index (χ2n) is 23.1. The number of alkyl halides is 1. The molecule has 73 heavy (non-hydrogen) atoms. The Bertz CT molecular complexity index is 2100. The summed E-state index contributed by atoms with van der Waals surface area (Å²) in [6.07, 6.45) is 31.9. The van der Waals surface area contributed by atoms with Crippen LogP contribution >= 0.6 is 51.2 Å². The molecule has 0 N–H and O–H groups in total. The van der Waals surface area contributed by atoms with Gasteiger partial charge in [0.1, 0.15) is 8.07 Å². The van der Waals surface area contributed by atoms with Crippen LogP contribution in [0.1, 0.15) is 164 Å². The SMILES string of the molecule is C[Si+](CCCSC1CCCCC1)CCC[Si]1(CCC[Si](CCCBr)(CCCSC2CCCCCCC2)CCCSC2CCCC2)C(c2ccccc2)=C(c2ccccc2)C(c2ccccc2)=C1c1ccccc1. The van der Waals surface area contributed by atoms with Gasteiger partial charge in [-0.1, -0.05) is 232 Å². The van der Waals surface area contributed by atoms with E-state index < -0.39 is 24.9 Å². The summed E-state index contributed by atoms with van der Waals surface area (Å²) in [7, 11) is -4.51. The second kappa shape index (κ2) is 31.8. The zero-order valence-corrected chi connectivity index (χ0v) is 52.5. The zero-order chi connectivity index (χ0) is 50.2. The van der Waals surface area contributed by atoms with Crippen molar-refractivity contribution < 1.29 is 0 Å². The van der Waals surface area contributed by atoms with Gasteiger partial charge in [0.15, 0.2) is 0 Å². The molecule has 0 amide bonds. The Hall–Kier alpha value is -1.46. The van der Waals surface area contributed by atoms with Gasteiger partial charge in [0.2, 0.25) is 0 Å². The molecule has 4 aliphatic rings. The Labute approximate surface area is 472 Å². The minimum absolute atomic E-state index is 0.424. The molecule has 4 aromatic carbocycles. The third-order valence-electron chi connectivity index (χ3n) is 17.7. The van der Waals surface area contributed by atoms with Crippen molar-refractivity contribution >= 4 is 97.7 Å². The highest BCUT2D eigenvalue weighted by Gasteiger charge is 2.50. The maximum atomic E-state index is 4.02. The van der Waals surface area contributed by atoms with Gasteiger partial charge >= 0.3 is 8.80 Å². The van der Waals surface area contributed by atoms with Gasteiger partial charge in [-0.25, -0.2) is 0 Å². The molecular weight excluding hydrogens is 1050 g/mol. The normalized spacial score (nSPS) is 19.0. The number of hydrogen-bond donors (Lipinski definition) is 0. The van der Waals surface area contributed by atoms with E-state index in [-0.39, 0.29) is 0 Å². The molecule has 8 rings (SSSR count). The first-order valence-corrected chi connectivity index (χ1v) is 41.9. The molecule has 1 unspecified atom stereocenters. The van der Waals surface area contributed by atoms with Crippen LogP contribution in [0.25, 0.3) is 21.5 Å². The van der Waals surface area contributed by atoms with E-state index in [1.807, 2.05) is 0 Å². The number of rotatable bonds is 30. The van der Waals surface area contributed by atoms with Crippen molar-refractivity contribution in [2.75, 3.05) is 22.6 Å². The number of thioether (sulfide) groups is 3. The highest BCUT2D eigenvalue weighted by molar-refractivity contribution is 9.09. The molecule has 3 saturated carbocycles. The largest absolute Gasteiger partial charge is 0.311 e. The van der Waals surface area contributed by atoms with Crippen molar-refractivity contribution in [3.8, 4) is 0 Å². The third-order valence-corrected chi connectivity index (χ3v) is 36.2. The first kappa shape index (κ1) is 57.7. The summed E-state index contributed by atoms with van der Waals surface area (Å²) < 4.78 is 0. The van der Waals surface area contributed by atoms with Crippen molar-refractivity contribution in [1.29, 1.82) is 0 Å². The highest BCUT2D eigenvalue weighted by atomic mass is 79.9. The average molecular weight is 1150 g/mol.